The molecular weight excluding hydrogens is 525 g/mol. The van der Waals surface area contributed by atoms with Crippen molar-refractivity contribution in [3.8, 4) is 11.5 Å². The Bertz CT molecular complexity index is 1490. The first-order chi connectivity index (χ1) is 17.2. The molecule has 6 nitrogen and oxygen atoms in total. The van der Waals surface area contributed by atoms with Crippen molar-refractivity contribution in [2.75, 3.05) is 6.61 Å². The number of aromatic nitrogens is 2. The molecule has 0 saturated heterocycles. The summed E-state index contributed by atoms with van der Waals surface area (Å²) in [6.45, 7) is 8.33. The zero-order valence-corrected chi connectivity index (χ0v) is 22.2. The fraction of sp³-hybridized carbons (Fsp3) is 0.250. The molecule has 8 heteroatoms. The number of halogens is 2. The molecule has 0 spiro atoms. The van der Waals surface area contributed by atoms with Crippen LogP contribution in [0, 0.1) is 5.82 Å². The van der Waals surface area contributed by atoms with Gasteiger partial charge in [-0.2, -0.15) is 9.78 Å². The molecule has 4 rings (SSSR count). The van der Waals surface area contributed by atoms with E-state index in [1.807, 2.05) is 39.8 Å². The van der Waals surface area contributed by atoms with Crippen LogP contribution in [0.25, 0.3) is 10.9 Å². The first-order valence-corrected chi connectivity index (χ1v) is 12.4. The maximum atomic E-state index is 14.0. The number of nitrogens with zero attached hydrogens (tertiary/aromatic N) is 3. The van der Waals surface area contributed by atoms with Crippen molar-refractivity contribution in [1.82, 2.24) is 9.66 Å². The molecular formula is C28H27BrFN3O3. The van der Waals surface area contributed by atoms with Gasteiger partial charge in [-0.1, -0.05) is 54.9 Å². The van der Waals surface area contributed by atoms with E-state index in [2.05, 4.69) is 21.0 Å². The van der Waals surface area contributed by atoms with Gasteiger partial charge in [0.2, 0.25) is 0 Å². The van der Waals surface area contributed by atoms with Crippen molar-refractivity contribution in [3.63, 3.8) is 0 Å². The summed E-state index contributed by atoms with van der Waals surface area (Å²) in [5.41, 5.74) is 1.11. The molecule has 0 amide bonds. The Morgan fingerprint density at radius 2 is 1.83 bits per heavy atom. The third-order valence-electron chi connectivity index (χ3n) is 5.41. The van der Waals surface area contributed by atoms with Crippen LogP contribution in [0.5, 0.6) is 11.5 Å². The molecule has 0 N–H and O–H groups in total. The minimum atomic E-state index is -0.418. The third-order valence-corrected chi connectivity index (χ3v) is 5.90. The zero-order chi connectivity index (χ0) is 25.9. The zero-order valence-electron chi connectivity index (χ0n) is 20.6. The minimum absolute atomic E-state index is 0.0723. The van der Waals surface area contributed by atoms with Crippen molar-refractivity contribution in [3.05, 3.63) is 98.3 Å². The molecule has 36 heavy (non-hydrogen) atoms. The van der Waals surface area contributed by atoms with Crippen molar-refractivity contribution in [1.29, 1.82) is 0 Å². The van der Waals surface area contributed by atoms with Crippen LogP contribution < -0.4 is 15.0 Å². The van der Waals surface area contributed by atoms with Crippen molar-refractivity contribution in [2.45, 2.75) is 39.7 Å². The number of hydrogen-bond acceptors (Lipinski definition) is 5. The van der Waals surface area contributed by atoms with Crippen molar-refractivity contribution in [2.24, 2.45) is 5.10 Å². The lowest BCUT2D eigenvalue weighted by atomic mass is 9.95. The normalized spacial score (nSPS) is 11.8. The van der Waals surface area contributed by atoms with E-state index in [9.17, 15) is 9.18 Å². The lowest BCUT2D eigenvalue weighted by Crippen LogP contribution is -2.29. The Kier molecular flexibility index (Phi) is 7.54. The predicted molar refractivity (Wildman–Crippen MR) is 144 cm³/mol. The predicted octanol–water partition coefficient (Wildman–Crippen LogP) is 6.46. The highest BCUT2D eigenvalue weighted by Crippen LogP contribution is 2.29. The van der Waals surface area contributed by atoms with Gasteiger partial charge in [-0.25, -0.2) is 9.37 Å². The Balaban J connectivity index is 1.69. The largest absolute Gasteiger partial charge is 0.490 e. The standard InChI is InChI=1S/C28H27BrFN3O3/c1-5-35-25-14-18(10-13-24(25)36-17-19-8-6-7-9-22(19)30)16-31-33-26(34)21-15-20(29)11-12-23(21)32-27(33)28(2,3)4/h6-16H,5,17H2,1-4H3. The van der Waals surface area contributed by atoms with Crippen LogP contribution >= 0.6 is 15.9 Å². The van der Waals surface area contributed by atoms with Crippen molar-refractivity contribution < 1.29 is 13.9 Å². The molecule has 3 aromatic carbocycles. The highest BCUT2D eigenvalue weighted by atomic mass is 79.9. The highest BCUT2D eigenvalue weighted by molar-refractivity contribution is 9.10. The SMILES string of the molecule is CCOc1cc(C=Nn2c(C(C)(C)C)nc3ccc(Br)cc3c2=O)ccc1OCc1ccccc1F. The van der Waals surface area contributed by atoms with Gasteiger partial charge in [0.15, 0.2) is 11.5 Å². The number of ether oxygens (including phenoxy) is 2. The second-order valence-corrected chi connectivity index (χ2v) is 10.1. The fourth-order valence-corrected chi connectivity index (χ4v) is 3.99. The van der Waals surface area contributed by atoms with Gasteiger partial charge in [0, 0.05) is 15.5 Å². The molecule has 186 valence electrons. The molecule has 1 aromatic heterocycles. The van der Waals surface area contributed by atoms with Crippen molar-refractivity contribution >= 4 is 33.0 Å². The van der Waals surface area contributed by atoms with E-state index < -0.39 is 5.41 Å². The van der Waals surface area contributed by atoms with Gasteiger partial charge < -0.3 is 9.47 Å². The van der Waals surface area contributed by atoms with E-state index in [0.29, 0.717) is 46.0 Å². The van der Waals surface area contributed by atoms with E-state index >= 15 is 0 Å². The molecule has 0 aliphatic heterocycles. The molecule has 0 atom stereocenters. The molecule has 0 aliphatic carbocycles. The number of rotatable bonds is 7. The first kappa shape index (κ1) is 25.6. The van der Waals surface area contributed by atoms with Gasteiger partial charge in [-0.05, 0) is 55.0 Å². The number of fused-ring (bicyclic) bond motifs is 1. The molecule has 4 aromatic rings. The summed E-state index contributed by atoms with van der Waals surface area (Å²) in [5.74, 6) is 1.22. The first-order valence-electron chi connectivity index (χ1n) is 11.6. The van der Waals surface area contributed by atoms with Gasteiger partial charge in [0.1, 0.15) is 18.2 Å². The van der Waals surface area contributed by atoms with Crippen LogP contribution in [0.15, 0.2) is 75.0 Å². The van der Waals surface area contributed by atoms with Crippen LogP contribution in [-0.4, -0.2) is 22.5 Å². The molecule has 1 heterocycles. The Labute approximate surface area is 217 Å². The van der Waals surface area contributed by atoms with E-state index in [1.165, 1.54) is 10.7 Å². The summed E-state index contributed by atoms with van der Waals surface area (Å²) in [6, 6.07) is 17.2. The lowest BCUT2D eigenvalue weighted by molar-refractivity contribution is 0.266. The molecule has 0 fully saturated rings. The quantitative estimate of drug-likeness (QED) is 0.247. The average molecular weight is 552 g/mol. The minimum Gasteiger partial charge on any atom is -0.490 e. The summed E-state index contributed by atoms with van der Waals surface area (Å²) in [5, 5.41) is 4.99. The van der Waals surface area contributed by atoms with Crippen LogP contribution in [0.2, 0.25) is 0 Å². The third kappa shape index (κ3) is 5.65. The second-order valence-electron chi connectivity index (χ2n) is 9.23. The Morgan fingerprint density at radius 1 is 1.06 bits per heavy atom. The second kappa shape index (κ2) is 10.6. The lowest BCUT2D eigenvalue weighted by Gasteiger charge is -2.21. The highest BCUT2D eigenvalue weighted by Gasteiger charge is 2.23. The van der Waals surface area contributed by atoms with Gasteiger partial charge >= 0.3 is 0 Å². The molecule has 0 unspecified atom stereocenters. The maximum absolute atomic E-state index is 14.0. The summed E-state index contributed by atoms with van der Waals surface area (Å²) >= 11 is 3.42. The van der Waals surface area contributed by atoms with E-state index in [1.54, 1.807) is 48.7 Å². The smallest absolute Gasteiger partial charge is 0.282 e. The van der Waals surface area contributed by atoms with Gasteiger partial charge in [-0.15, -0.1) is 0 Å². The average Bonchev–Trinajstić information content (AvgIpc) is 2.83. The van der Waals surface area contributed by atoms with Gasteiger partial charge in [0.25, 0.3) is 5.56 Å². The summed E-state index contributed by atoms with van der Waals surface area (Å²) < 4.78 is 27.7. The Hall–Kier alpha value is -3.52. The topological polar surface area (TPSA) is 65.7 Å². The Morgan fingerprint density at radius 3 is 2.56 bits per heavy atom. The van der Waals surface area contributed by atoms with Crippen LogP contribution in [0.1, 0.15) is 44.6 Å². The summed E-state index contributed by atoms with van der Waals surface area (Å²) in [7, 11) is 0. The van der Waals surface area contributed by atoms with Crippen LogP contribution in [0.3, 0.4) is 0 Å². The summed E-state index contributed by atoms with van der Waals surface area (Å²) in [4.78, 5) is 18.1. The van der Waals surface area contributed by atoms with Gasteiger partial charge in [0.05, 0.1) is 23.7 Å². The molecule has 0 aliphatic rings. The maximum Gasteiger partial charge on any atom is 0.282 e. The van der Waals surface area contributed by atoms with E-state index in [0.717, 1.165) is 4.47 Å². The fourth-order valence-electron chi connectivity index (χ4n) is 3.63. The molecule has 0 bridgehead atoms. The van der Waals surface area contributed by atoms with Gasteiger partial charge in [-0.3, -0.25) is 4.79 Å². The number of hydrogen-bond donors (Lipinski definition) is 0. The van der Waals surface area contributed by atoms with Crippen LogP contribution in [0.4, 0.5) is 4.39 Å². The van der Waals surface area contributed by atoms with E-state index in [4.69, 9.17) is 14.5 Å². The van der Waals surface area contributed by atoms with Crippen LogP contribution in [-0.2, 0) is 12.0 Å². The van der Waals surface area contributed by atoms with E-state index in [-0.39, 0.29) is 18.0 Å². The molecule has 0 saturated carbocycles. The summed E-state index contributed by atoms with van der Waals surface area (Å²) in [6.07, 6.45) is 1.59. The molecule has 0 radical (unpaired) electrons. The monoisotopic (exact) mass is 551 g/mol. The number of benzene rings is 3.